The van der Waals surface area contributed by atoms with Crippen molar-refractivity contribution in [2.75, 3.05) is 13.2 Å². The molecule has 1 saturated heterocycles. The van der Waals surface area contributed by atoms with Gasteiger partial charge in [0.1, 0.15) is 36.6 Å². The van der Waals surface area contributed by atoms with Crippen molar-refractivity contribution in [3.63, 3.8) is 0 Å². The highest BCUT2D eigenvalue weighted by atomic mass is 16.7. The minimum absolute atomic E-state index is 0.267. The van der Waals surface area contributed by atoms with Gasteiger partial charge in [0, 0.05) is 0 Å². The fourth-order valence-electron chi connectivity index (χ4n) is 8.80. The molecule has 0 aromatic rings. The molecule has 370 valence electrons. The maximum absolute atomic E-state index is 13.1. The van der Waals surface area contributed by atoms with Gasteiger partial charge >= 0.3 is 0 Å². The lowest BCUT2D eigenvalue weighted by Crippen LogP contribution is -2.60. The van der Waals surface area contributed by atoms with Crippen molar-refractivity contribution in [3.05, 3.63) is 0 Å². The summed E-state index contributed by atoms with van der Waals surface area (Å²) in [5.74, 6) is -0.691. The van der Waals surface area contributed by atoms with Crippen molar-refractivity contribution >= 4 is 5.91 Å². The van der Waals surface area contributed by atoms with Crippen LogP contribution in [0.25, 0.3) is 0 Å². The van der Waals surface area contributed by atoms with Crippen molar-refractivity contribution in [2.24, 2.45) is 0 Å². The molecule has 0 radical (unpaired) electrons. The van der Waals surface area contributed by atoms with Crippen LogP contribution in [0.2, 0.25) is 0 Å². The molecule has 0 saturated carbocycles. The van der Waals surface area contributed by atoms with Gasteiger partial charge in [0.15, 0.2) is 6.29 Å². The molecule has 0 aromatic carbocycles. The molecule has 62 heavy (non-hydrogen) atoms. The van der Waals surface area contributed by atoms with Crippen LogP contribution in [-0.2, 0) is 14.3 Å². The molecule has 1 rings (SSSR count). The van der Waals surface area contributed by atoms with E-state index in [1.54, 1.807) is 0 Å². The minimum atomic E-state index is -1.66. The van der Waals surface area contributed by atoms with Gasteiger partial charge in [0.25, 0.3) is 0 Å². The molecule has 9 unspecified atom stereocenters. The molecular formula is C51H101NO10. The van der Waals surface area contributed by atoms with E-state index in [9.17, 15) is 40.5 Å². The van der Waals surface area contributed by atoms with Gasteiger partial charge < -0.3 is 50.5 Å². The number of carbonyl (C=O) groups excluding carboxylic acids is 1. The Kier molecular flexibility index (Phi) is 39.6. The summed E-state index contributed by atoms with van der Waals surface area (Å²) in [5, 5.41) is 75.9. The quantitative estimate of drug-likeness (QED) is 0.0273. The first-order chi connectivity index (χ1) is 30.2. The molecule has 1 heterocycles. The molecule has 8 N–H and O–H groups in total. The summed E-state index contributed by atoms with van der Waals surface area (Å²) in [6.45, 7) is 3.47. The summed E-state index contributed by atoms with van der Waals surface area (Å²) in [4.78, 5) is 13.1. The Labute approximate surface area is 379 Å². The van der Waals surface area contributed by atoms with Crippen LogP contribution >= 0.6 is 0 Å². The van der Waals surface area contributed by atoms with Crippen LogP contribution in [0.5, 0.6) is 0 Å². The van der Waals surface area contributed by atoms with Crippen LogP contribution in [0.4, 0.5) is 0 Å². The Bertz CT molecular complexity index is 975. The Balaban J connectivity index is 2.34. The van der Waals surface area contributed by atoms with E-state index in [-0.39, 0.29) is 6.42 Å². The van der Waals surface area contributed by atoms with Gasteiger partial charge in [-0.3, -0.25) is 4.79 Å². The minimum Gasteiger partial charge on any atom is -0.394 e. The highest BCUT2D eigenvalue weighted by Crippen LogP contribution is 2.23. The van der Waals surface area contributed by atoms with Crippen molar-refractivity contribution in [2.45, 2.75) is 306 Å². The topological polar surface area (TPSA) is 189 Å². The number of hydrogen-bond donors (Lipinski definition) is 8. The summed E-state index contributed by atoms with van der Waals surface area (Å²) in [7, 11) is 0. The van der Waals surface area contributed by atoms with Crippen LogP contribution in [0.1, 0.15) is 251 Å². The lowest BCUT2D eigenvalue weighted by molar-refractivity contribution is -0.303. The second-order valence-electron chi connectivity index (χ2n) is 19.0. The van der Waals surface area contributed by atoms with Crippen LogP contribution < -0.4 is 5.32 Å². The van der Waals surface area contributed by atoms with E-state index in [1.807, 2.05) is 0 Å². The number of amides is 1. The zero-order chi connectivity index (χ0) is 45.5. The zero-order valence-electron chi connectivity index (χ0n) is 40.1. The molecule has 11 heteroatoms. The Morgan fingerprint density at radius 3 is 1.19 bits per heavy atom. The average Bonchev–Trinajstić information content (AvgIpc) is 3.27. The van der Waals surface area contributed by atoms with Crippen molar-refractivity contribution in [1.29, 1.82) is 0 Å². The monoisotopic (exact) mass is 888 g/mol. The van der Waals surface area contributed by atoms with E-state index in [2.05, 4.69) is 19.2 Å². The van der Waals surface area contributed by atoms with Crippen LogP contribution in [0, 0.1) is 0 Å². The van der Waals surface area contributed by atoms with Gasteiger partial charge in [0.2, 0.25) is 5.91 Å². The molecule has 0 spiro atoms. The first-order valence-corrected chi connectivity index (χ1v) is 26.4. The molecule has 0 aliphatic carbocycles. The summed E-state index contributed by atoms with van der Waals surface area (Å²) in [6.07, 6.45) is 32.9. The average molecular weight is 888 g/mol. The van der Waals surface area contributed by atoms with Crippen molar-refractivity contribution in [1.82, 2.24) is 5.32 Å². The van der Waals surface area contributed by atoms with E-state index in [0.717, 1.165) is 38.5 Å². The number of unbranched alkanes of at least 4 members (excludes halogenated alkanes) is 33. The van der Waals surface area contributed by atoms with E-state index in [1.165, 1.54) is 173 Å². The van der Waals surface area contributed by atoms with Crippen molar-refractivity contribution in [3.8, 4) is 0 Å². The number of aliphatic hydroxyl groups excluding tert-OH is 7. The van der Waals surface area contributed by atoms with Crippen LogP contribution in [-0.4, -0.2) is 110 Å². The summed E-state index contributed by atoms with van der Waals surface area (Å²) in [5.41, 5.74) is 0. The number of nitrogens with one attached hydrogen (secondary N) is 1. The summed E-state index contributed by atoms with van der Waals surface area (Å²) < 4.78 is 11.1. The fraction of sp³-hybridized carbons (Fsp3) is 0.980. The van der Waals surface area contributed by atoms with E-state index >= 15 is 0 Å². The molecule has 11 nitrogen and oxygen atoms in total. The van der Waals surface area contributed by atoms with E-state index in [0.29, 0.717) is 19.3 Å². The molecule has 1 fully saturated rings. The normalized spacial score (nSPS) is 21.2. The molecule has 1 amide bonds. The molecular weight excluding hydrogens is 787 g/mol. The number of rotatable bonds is 45. The van der Waals surface area contributed by atoms with E-state index < -0.39 is 74.2 Å². The maximum atomic E-state index is 13.1. The highest BCUT2D eigenvalue weighted by Gasteiger charge is 2.44. The summed E-state index contributed by atoms with van der Waals surface area (Å²) in [6, 6.07) is -1.16. The first-order valence-electron chi connectivity index (χ1n) is 26.4. The van der Waals surface area contributed by atoms with Crippen LogP contribution in [0.15, 0.2) is 0 Å². The molecule has 1 aliphatic rings. The maximum Gasteiger partial charge on any atom is 0.249 e. The second-order valence-corrected chi connectivity index (χ2v) is 19.0. The Morgan fingerprint density at radius 1 is 0.500 bits per heavy atom. The zero-order valence-corrected chi connectivity index (χ0v) is 40.1. The van der Waals surface area contributed by atoms with Gasteiger partial charge in [-0.15, -0.1) is 0 Å². The van der Waals surface area contributed by atoms with Gasteiger partial charge in [0.05, 0.1) is 25.4 Å². The van der Waals surface area contributed by atoms with Gasteiger partial charge in [-0.2, -0.15) is 0 Å². The summed E-state index contributed by atoms with van der Waals surface area (Å²) >= 11 is 0. The van der Waals surface area contributed by atoms with Crippen molar-refractivity contribution < 1.29 is 50.0 Å². The smallest absolute Gasteiger partial charge is 0.249 e. The van der Waals surface area contributed by atoms with Gasteiger partial charge in [-0.25, -0.2) is 0 Å². The SMILES string of the molecule is CCCCCCCCCCCCCCCCCCCCCCCC(O)C(=O)NC(COC1OC(CO)C(O)C(O)C1O)C(O)C(O)CCCCCCCCCCCCCCCC. The lowest BCUT2D eigenvalue weighted by Gasteiger charge is -2.40. The molecule has 9 atom stereocenters. The predicted octanol–water partition coefficient (Wildman–Crippen LogP) is 9.84. The van der Waals surface area contributed by atoms with E-state index in [4.69, 9.17) is 9.47 Å². The molecule has 0 bridgehead atoms. The highest BCUT2D eigenvalue weighted by molar-refractivity contribution is 5.80. The largest absolute Gasteiger partial charge is 0.394 e. The number of aliphatic hydroxyl groups is 7. The number of ether oxygens (including phenoxy) is 2. The molecule has 0 aromatic heterocycles. The van der Waals surface area contributed by atoms with Crippen LogP contribution in [0.3, 0.4) is 0 Å². The Hall–Kier alpha value is -0.890. The first kappa shape index (κ1) is 59.1. The Morgan fingerprint density at radius 2 is 0.839 bits per heavy atom. The third kappa shape index (κ3) is 30.3. The molecule has 1 aliphatic heterocycles. The lowest BCUT2D eigenvalue weighted by atomic mass is 9.98. The number of carbonyl (C=O) groups is 1. The standard InChI is InChI=1S/C51H101NO10/c1-3-5-7-9-11-13-15-17-19-20-21-22-23-24-25-27-29-31-33-35-37-39-44(55)50(60)52-42(41-61-51-49(59)48(58)47(57)45(40-53)62-51)46(56)43(54)38-36-34-32-30-28-26-18-16-14-12-10-8-6-4-2/h42-49,51,53-59H,3-41H2,1-2H3,(H,52,60). The van der Waals surface area contributed by atoms with Gasteiger partial charge in [-0.05, 0) is 12.8 Å². The van der Waals surface area contributed by atoms with Gasteiger partial charge in [-0.1, -0.05) is 239 Å². The second kappa shape index (κ2) is 41.5. The number of hydrogen-bond acceptors (Lipinski definition) is 10. The predicted molar refractivity (Wildman–Crippen MR) is 252 cm³/mol. The third-order valence-corrected chi connectivity index (χ3v) is 13.2. The fourth-order valence-corrected chi connectivity index (χ4v) is 8.80. The third-order valence-electron chi connectivity index (χ3n) is 13.2.